The molecule has 0 radical (unpaired) electrons. The Balaban J connectivity index is 1.16. The fourth-order valence-corrected chi connectivity index (χ4v) is 7.00. The number of hydrogen-bond donors (Lipinski definition) is 0. The van der Waals surface area contributed by atoms with Crippen LogP contribution in [0.15, 0.2) is 188 Å². The van der Waals surface area contributed by atoms with E-state index >= 15 is 0 Å². The van der Waals surface area contributed by atoms with E-state index in [2.05, 4.69) is 11.3 Å². The van der Waals surface area contributed by atoms with Crippen molar-refractivity contribution >= 4 is 32.8 Å². The second-order valence-corrected chi connectivity index (χ2v) is 12.7. The molecule has 0 bridgehead atoms. The first-order chi connectivity index (χ1) is 33.0. The SMILES string of the molecule is [2H]c1c([2H])c([2H])c(-c2cccc(-c3c([2H])c([2H])c([2H])c([2H])c3[2H])c2-[n+]2[c-]n(-c3cccc(Oc4ccc5c6c([2H])c([2H])c([2H])c([2H])c6n(-c6cc(CC)ccn6)c5c4)c3)c3ccccc32)c([2H])c1[2H]. The predicted molar refractivity (Wildman–Crippen MR) is 223 cm³/mol. The fraction of sp³-hybridized carbons (Fsp3) is 0.0400. The van der Waals surface area contributed by atoms with Crippen LogP contribution >= 0.6 is 0 Å². The molecular formula is C50H36N4O. The lowest BCUT2D eigenvalue weighted by Crippen LogP contribution is -2.31. The van der Waals surface area contributed by atoms with Gasteiger partial charge >= 0.3 is 0 Å². The number of imidazole rings is 1. The maximum absolute atomic E-state index is 8.98. The molecule has 0 atom stereocenters. The van der Waals surface area contributed by atoms with Crippen molar-refractivity contribution in [3.05, 3.63) is 200 Å². The number of para-hydroxylation sites is 4. The van der Waals surface area contributed by atoms with Crippen molar-refractivity contribution in [2.24, 2.45) is 0 Å². The number of aryl methyl sites for hydroxylation is 1. The van der Waals surface area contributed by atoms with Gasteiger partial charge in [0.2, 0.25) is 0 Å². The lowest BCUT2D eigenvalue weighted by molar-refractivity contribution is -0.571. The quantitative estimate of drug-likeness (QED) is 0.116. The number of rotatable bonds is 8. The summed E-state index contributed by atoms with van der Waals surface area (Å²) in [6.07, 6.45) is 5.76. The molecule has 3 heterocycles. The molecule has 0 unspecified atom stereocenters. The normalized spacial score (nSPS) is 15.0. The molecule has 55 heavy (non-hydrogen) atoms. The number of benzene rings is 7. The first-order valence-corrected chi connectivity index (χ1v) is 17.5. The average Bonchev–Trinajstić information content (AvgIpc) is 3.92. The Morgan fingerprint density at radius 3 is 2.13 bits per heavy atom. The molecule has 0 saturated carbocycles. The van der Waals surface area contributed by atoms with Gasteiger partial charge in [-0.25, -0.2) is 4.98 Å². The van der Waals surface area contributed by atoms with Gasteiger partial charge in [0.1, 0.15) is 17.3 Å². The molecule has 0 aliphatic carbocycles. The minimum atomic E-state index is -0.592. The summed E-state index contributed by atoms with van der Waals surface area (Å²) in [6.45, 7) is 2.01. The standard InChI is InChI=1S/C50H36N4O/c1-2-35-29-30-51-49(31-35)54-45-24-10-9-21-43(45)44-28-27-40(33-48(44)54)55-39-20-13-19-38(32-39)52-34-53(47-26-12-11-25-46(47)52)50-41(36-15-5-3-6-16-36)22-14-23-42(50)37-17-7-4-8-18-37/h3-33H,2H2,1H3/i3D,4D,5D,6D,7D,8D,9D,10D,15D,16D,17D,18D,21D,24D. The Kier molecular flexibility index (Phi) is 5.17. The van der Waals surface area contributed by atoms with Crippen molar-refractivity contribution in [2.75, 3.05) is 0 Å². The van der Waals surface area contributed by atoms with E-state index in [-0.39, 0.29) is 57.6 Å². The molecule has 10 aromatic rings. The van der Waals surface area contributed by atoms with Crippen LogP contribution in [0.3, 0.4) is 0 Å². The summed E-state index contributed by atoms with van der Waals surface area (Å²) in [6, 6.07) is 21.4. The Labute approximate surface area is 339 Å². The van der Waals surface area contributed by atoms with Gasteiger partial charge in [-0.3, -0.25) is 13.7 Å². The number of hydrogen-bond acceptors (Lipinski definition) is 2. The van der Waals surface area contributed by atoms with Crippen molar-refractivity contribution in [2.45, 2.75) is 13.3 Å². The molecule has 5 heteroatoms. The number of nitrogens with zero attached hydrogens (tertiary/aromatic N) is 4. The maximum Gasteiger partial charge on any atom is 0.269 e. The molecule has 0 aliphatic rings. The molecule has 7 aromatic carbocycles. The average molecular weight is 723 g/mol. The van der Waals surface area contributed by atoms with E-state index in [0.29, 0.717) is 56.7 Å². The molecule has 0 N–H and O–H groups in total. The molecular weight excluding hydrogens is 673 g/mol. The Hall–Kier alpha value is -7.24. The second kappa shape index (κ2) is 13.6. The Morgan fingerprint density at radius 2 is 1.35 bits per heavy atom. The topological polar surface area (TPSA) is 35.9 Å². The van der Waals surface area contributed by atoms with Gasteiger partial charge in [0, 0.05) is 23.0 Å². The van der Waals surface area contributed by atoms with Crippen LogP contribution < -0.4 is 9.30 Å². The van der Waals surface area contributed by atoms with E-state index in [1.807, 2.05) is 37.3 Å². The van der Waals surface area contributed by atoms with Gasteiger partial charge in [0.15, 0.2) is 0 Å². The lowest BCUT2D eigenvalue weighted by Gasteiger charge is -2.17. The summed E-state index contributed by atoms with van der Waals surface area (Å²) < 4.78 is 133. The van der Waals surface area contributed by atoms with Crippen molar-refractivity contribution in [1.29, 1.82) is 0 Å². The van der Waals surface area contributed by atoms with Gasteiger partial charge in [-0.1, -0.05) is 134 Å². The third-order valence-corrected chi connectivity index (χ3v) is 9.49. The number of ether oxygens (including phenoxy) is 1. The summed E-state index contributed by atoms with van der Waals surface area (Å²) in [5.74, 6) is 1.25. The zero-order chi connectivity index (χ0) is 48.9. The van der Waals surface area contributed by atoms with E-state index < -0.39 is 60.4 Å². The predicted octanol–water partition coefficient (Wildman–Crippen LogP) is 11.9. The first-order valence-electron chi connectivity index (χ1n) is 24.5. The summed E-state index contributed by atoms with van der Waals surface area (Å²) in [7, 11) is 0. The molecule has 0 amide bonds. The van der Waals surface area contributed by atoms with Gasteiger partial charge < -0.3 is 4.74 Å². The molecule has 0 saturated heterocycles. The second-order valence-electron chi connectivity index (χ2n) is 12.7. The van der Waals surface area contributed by atoms with E-state index in [0.717, 1.165) is 5.56 Å². The third-order valence-electron chi connectivity index (χ3n) is 9.49. The van der Waals surface area contributed by atoms with E-state index in [1.54, 1.807) is 86.6 Å². The van der Waals surface area contributed by atoms with E-state index in [9.17, 15) is 0 Å². The van der Waals surface area contributed by atoms with Crippen LogP contribution in [0.5, 0.6) is 11.5 Å². The third kappa shape index (κ3) is 5.74. The largest absolute Gasteiger partial charge is 0.458 e. The smallest absolute Gasteiger partial charge is 0.269 e. The van der Waals surface area contributed by atoms with Crippen molar-refractivity contribution in [3.8, 4) is 50.9 Å². The minimum absolute atomic E-state index is 0.120. The highest BCUT2D eigenvalue weighted by molar-refractivity contribution is 6.09. The first kappa shape index (κ1) is 20.9. The van der Waals surface area contributed by atoms with Crippen molar-refractivity contribution in [1.82, 2.24) is 14.1 Å². The van der Waals surface area contributed by atoms with Gasteiger partial charge in [-0.05, 0) is 82.7 Å². The zero-order valence-electron chi connectivity index (χ0n) is 43.2. The number of pyridine rings is 1. The summed E-state index contributed by atoms with van der Waals surface area (Å²) >= 11 is 0. The summed E-state index contributed by atoms with van der Waals surface area (Å²) in [5, 5.41) is 0.922. The van der Waals surface area contributed by atoms with Gasteiger partial charge in [0.05, 0.1) is 52.6 Å². The van der Waals surface area contributed by atoms with Crippen molar-refractivity contribution < 1.29 is 28.5 Å². The van der Waals surface area contributed by atoms with Crippen LogP contribution in [0.25, 0.3) is 72.3 Å². The fourth-order valence-electron chi connectivity index (χ4n) is 7.00. The highest BCUT2D eigenvalue weighted by atomic mass is 16.5. The maximum atomic E-state index is 8.98. The molecule has 10 rings (SSSR count). The number of aromatic nitrogens is 4. The van der Waals surface area contributed by atoms with Crippen LogP contribution in [-0.4, -0.2) is 14.1 Å². The van der Waals surface area contributed by atoms with Crippen LogP contribution in [-0.2, 0) is 6.42 Å². The molecule has 0 spiro atoms. The van der Waals surface area contributed by atoms with E-state index in [1.165, 1.54) is 0 Å². The van der Waals surface area contributed by atoms with Crippen LogP contribution in [0.2, 0.25) is 0 Å². The zero-order valence-corrected chi connectivity index (χ0v) is 29.2. The highest BCUT2D eigenvalue weighted by Crippen LogP contribution is 2.37. The Morgan fingerprint density at radius 1 is 0.636 bits per heavy atom. The van der Waals surface area contributed by atoms with Crippen LogP contribution in [0.1, 0.15) is 31.7 Å². The van der Waals surface area contributed by atoms with Gasteiger partial charge in [-0.2, -0.15) is 0 Å². The summed E-state index contributed by atoms with van der Waals surface area (Å²) in [5.41, 5.74) is 3.50. The van der Waals surface area contributed by atoms with Crippen LogP contribution in [0, 0.1) is 6.33 Å². The molecule has 0 fully saturated rings. The van der Waals surface area contributed by atoms with Crippen molar-refractivity contribution in [3.63, 3.8) is 0 Å². The van der Waals surface area contributed by atoms with Gasteiger partial charge in [-0.15, -0.1) is 0 Å². The van der Waals surface area contributed by atoms with Crippen LogP contribution in [0.4, 0.5) is 0 Å². The number of fused-ring (bicyclic) bond motifs is 4. The monoisotopic (exact) mass is 722 g/mol. The summed E-state index contributed by atoms with van der Waals surface area (Å²) in [4.78, 5) is 4.62. The Bertz CT molecular complexity index is 3680. The molecule has 262 valence electrons. The molecule has 5 nitrogen and oxygen atoms in total. The van der Waals surface area contributed by atoms with E-state index in [4.69, 9.17) is 23.9 Å². The highest BCUT2D eigenvalue weighted by Gasteiger charge is 2.20. The van der Waals surface area contributed by atoms with Gasteiger partial charge in [0.25, 0.3) is 6.33 Å². The lowest BCUT2D eigenvalue weighted by atomic mass is 9.95. The molecule has 3 aromatic heterocycles. The molecule has 0 aliphatic heterocycles. The minimum Gasteiger partial charge on any atom is -0.458 e.